The number of carbonyl (C=O) groups excluding carboxylic acids is 2. The molecule has 2 aromatic rings. The van der Waals surface area contributed by atoms with E-state index in [9.17, 15) is 18.0 Å². The third-order valence-corrected chi connectivity index (χ3v) is 7.11. The van der Waals surface area contributed by atoms with E-state index in [2.05, 4.69) is 5.32 Å². The zero-order valence-corrected chi connectivity index (χ0v) is 16.2. The smallest absolute Gasteiger partial charge is 0.324 e. The van der Waals surface area contributed by atoms with Crippen LogP contribution in [0.5, 0.6) is 0 Å². The molecule has 2 aliphatic rings. The molecule has 28 heavy (non-hydrogen) atoms. The molecule has 4 rings (SSSR count). The number of methoxy groups -OCH3 is 1. The largest absolute Gasteiger partial charge is 0.468 e. The number of hydrogen-bond acceptors (Lipinski definition) is 5. The van der Waals surface area contributed by atoms with E-state index >= 15 is 0 Å². The zero-order valence-electron chi connectivity index (χ0n) is 15.3. The summed E-state index contributed by atoms with van der Waals surface area (Å²) in [4.78, 5) is 24.0. The number of carbonyl (C=O) groups is 2. The molecule has 8 heteroatoms. The van der Waals surface area contributed by atoms with Gasteiger partial charge in [-0.15, -0.1) is 0 Å². The van der Waals surface area contributed by atoms with Crippen LogP contribution in [-0.2, 0) is 43.7 Å². The predicted molar refractivity (Wildman–Crippen MR) is 102 cm³/mol. The lowest BCUT2D eigenvalue weighted by Crippen LogP contribution is -2.49. The summed E-state index contributed by atoms with van der Waals surface area (Å²) < 4.78 is 32.9. The number of rotatable bonds is 3. The lowest BCUT2D eigenvalue weighted by atomic mass is 9.96. The molecule has 0 saturated heterocycles. The van der Waals surface area contributed by atoms with E-state index in [4.69, 9.17) is 4.74 Å². The van der Waals surface area contributed by atoms with Crippen molar-refractivity contribution < 1.29 is 22.7 Å². The van der Waals surface area contributed by atoms with Gasteiger partial charge in [0.25, 0.3) is 0 Å². The number of esters is 1. The fraction of sp³-hybridized carbons (Fsp3) is 0.300. The number of aryl methyl sites for hydroxylation is 1. The first-order chi connectivity index (χ1) is 13.4. The number of nitrogens with one attached hydrogen (secondary N) is 1. The van der Waals surface area contributed by atoms with Gasteiger partial charge < -0.3 is 10.1 Å². The van der Waals surface area contributed by atoms with Crippen LogP contribution in [0.3, 0.4) is 0 Å². The normalized spacial score (nSPS) is 19.3. The minimum atomic E-state index is -3.94. The molecule has 146 valence electrons. The predicted octanol–water partition coefficient (Wildman–Crippen LogP) is 1.86. The van der Waals surface area contributed by atoms with Crippen molar-refractivity contribution in [1.82, 2.24) is 4.31 Å². The molecule has 1 atom stereocenters. The third kappa shape index (κ3) is 3.18. The van der Waals surface area contributed by atoms with E-state index in [1.54, 1.807) is 12.1 Å². The van der Waals surface area contributed by atoms with Gasteiger partial charge in [-0.05, 0) is 41.3 Å². The fourth-order valence-electron chi connectivity index (χ4n) is 3.74. The number of ether oxygens (including phenoxy) is 1. The van der Waals surface area contributed by atoms with Gasteiger partial charge in [-0.1, -0.05) is 24.3 Å². The third-order valence-electron chi connectivity index (χ3n) is 5.26. The molecule has 0 unspecified atom stereocenters. The number of amides is 1. The Morgan fingerprint density at radius 1 is 1.11 bits per heavy atom. The molecule has 1 N–H and O–H groups in total. The summed E-state index contributed by atoms with van der Waals surface area (Å²) in [6.45, 7) is 0.103. The Kier molecular flexibility index (Phi) is 4.68. The van der Waals surface area contributed by atoms with Crippen molar-refractivity contribution in [2.45, 2.75) is 36.7 Å². The molecule has 2 heterocycles. The van der Waals surface area contributed by atoms with Crippen LogP contribution >= 0.6 is 0 Å². The Morgan fingerprint density at radius 3 is 2.61 bits per heavy atom. The van der Waals surface area contributed by atoms with E-state index in [0.717, 1.165) is 16.7 Å². The minimum Gasteiger partial charge on any atom is -0.468 e. The van der Waals surface area contributed by atoms with Gasteiger partial charge in [-0.2, -0.15) is 4.31 Å². The SMILES string of the molecule is COC(=O)[C@@H]1Cc2ccccc2CN1S(=O)(=O)c1ccc2c(c1)CCC(=O)N2. The number of sulfonamides is 1. The minimum absolute atomic E-state index is 0.0819. The summed E-state index contributed by atoms with van der Waals surface area (Å²) in [5.41, 5.74) is 3.21. The van der Waals surface area contributed by atoms with Gasteiger partial charge >= 0.3 is 5.97 Å². The van der Waals surface area contributed by atoms with Crippen molar-refractivity contribution in [1.29, 1.82) is 0 Å². The molecule has 0 bridgehead atoms. The maximum absolute atomic E-state index is 13.4. The second kappa shape index (κ2) is 7.03. The van der Waals surface area contributed by atoms with E-state index in [-0.39, 0.29) is 23.8 Å². The molecule has 0 aromatic heterocycles. The zero-order chi connectivity index (χ0) is 19.9. The van der Waals surface area contributed by atoms with Crippen molar-refractivity contribution in [2.75, 3.05) is 12.4 Å². The first-order valence-corrected chi connectivity index (χ1v) is 10.4. The molecular weight excluding hydrogens is 380 g/mol. The Balaban J connectivity index is 1.75. The number of benzene rings is 2. The van der Waals surface area contributed by atoms with Crippen molar-refractivity contribution in [3.63, 3.8) is 0 Å². The number of anilines is 1. The van der Waals surface area contributed by atoms with Gasteiger partial charge in [0.15, 0.2) is 0 Å². The van der Waals surface area contributed by atoms with Crippen LogP contribution in [0.25, 0.3) is 0 Å². The van der Waals surface area contributed by atoms with Crippen LogP contribution in [-0.4, -0.2) is 37.8 Å². The molecule has 0 aliphatic carbocycles. The molecule has 2 aliphatic heterocycles. The highest BCUT2D eigenvalue weighted by molar-refractivity contribution is 7.89. The summed E-state index contributed by atoms with van der Waals surface area (Å²) >= 11 is 0. The first-order valence-electron chi connectivity index (χ1n) is 8.99. The summed E-state index contributed by atoms with van der Waals surface area (Å²) in [6.07, 6.45) is 1.06. The molecule has 2 aromatic carbocycles. The average Bonchev–Trinajstić information content (AvgIpc) is 2.71. The first kappa shape index (κ1) is 18.6. The van der Waals surface area contributed by atoms with E-state index in [1.807, 2.05) is 24.3 Å². The average molecular weight is 400 g/mol. The van der Waals surface area contributed by atoms with E-state index in [0.29, 0.717) is 18.5 Å². The standard InChI is InChI=1S/C20H20N2O5S/c1-27-20(24)18-11-13-4-2-3-5-15(13)12-22(18)28(25,26)16-7-8-17-14(10-16)6-9-19(23)21-17/h2-5,7-8,10,18H,6,9,11-12H2,1H3,(H,21,23)/t18-/m0/s1. The second-order valence-electron chi connectivity index (χ2n) is 6.93. The molecular formula is C20H20N2O5S. The van der Waals surface area contributed by atoms with E-state index in [1.165, 1.54) is 17.5 Å². The van der Waals surface area contributed by atoms with Gasteiger partial charge in [-0.25, -0.2) is 8.42 Å². The Bertz CT molecular complexity index is 1060. The lowest BCUT2D eigenvalue weighted by Gasteiger charge is -2.34. The maximum atomic E-state index is 13.4. The number of nitrogens with zero attached hydrogens (tertiary/aromatic N) is 1. The molecule has 7 nitrogen and oxygen atoms in total. The maximum Gasteiger partial charge on any atom is 0.324 e. The summed E-state index contributed by atoms with van der Waals surface area (Å²) in [5.74, 6) is -0.662. The van der Waals surface area contributed by atoms with Crippen molar-refractivity contribution in [2.24, 2.45) is 0 Å². The monoisotopic (exact) mass is 400 g/mol. The van der Waals surface area contributed by atoms with Gasteiger partial charge in [0.05, 0.1) is 12.0 Å². The molecule has 0 radical (unpaired) electrons. The second-order valence-corrected chi connectivity index (χ2v) is 8.82. The number of fused-ring (bicyclic) bond motifs is 2. The highest BCUT2D eigenvalue weighted by Crippen LogP contribution is 2.32. The van der Waals surface area contributed by atoms with Gasteiger partial charge in [0, 0.05) is 25.1 Å². The highest BCUT2D eigenvalue weighted by Gasteiger charge is 2.40. The molecule has 0 spiro atoms. The van der Waals surface area contributed by atoms with Crippen molar-refractivity contribution in [3.8, 4) is 0 Å². The highest BCUT2D eigenvalue weighted by atomic mass is 32.2. The lowest BCUT2D eigenvalue weighted by molar-refractivity contribution is -0.145. The van der Waals surface area contributed by atoms with Crippen molar-refractivity contribution >= 4 is 27.6 Å². The van der Waals surface area contributed by atoms with Crippen LogP contribution in [0, 0.1) is 0 Å². The van der Waals surface area contributed by atoms with Crippen LogP contribution < -0.4 is 5.32 Å². The van der Waals surface area contributed by atoms with Crippen LogP contribution in [0.2, 0.25) is 0 Å². The van der Waals surface area contributed by atoms with Crippen molar-refractivity contribution in [3.05, 3.63) is 59.2 Å². The quantitative estimate of drug-likeness (QED) is 0.794. The van der Waals surface area contributed by atoms with Crippen LogP contribution in [0.4, 0.5) is 5.69 Å². The number of hydrogen-bond donors (Lipinski definition) is 1. The summed E-state index contributed by atoms with van der Waals surface area (Å²) in [7, 11) is -2.68. The summed E-state index contributed by atoms with van der Waals surface area (Å²) in [5, 5.41) is 2.75. The van der Waals surface area contributed by atoms with Crippen LogP contribution in [0.15, 0.2) is 47.4 Å². The Hall–Kier alpha value is -2.71. The molecule has 1 amide bonds. The Morgan fingerprint density at radius 2 is 1.86 bits per heavy atom. The van der Waals surface area contributed by atoms with E-state index < -0.39 is 22.0 Å². The summed E-state index contributed by atoms with van der Waals surface area (Å²) in [6, 6.07) is 11.2. The Labute approximate surface area is 163 Å². The molecule has 0 saturated carbocycles. The van der Waals surface area contributed by atoms with Gasteiger partial charge in [0.2, 0.25) is 15.9 Å². The van der Waals surface area contributed by atoms with Gasteiger partial charge in [0.1, 0.15) is 6.04 Å². The van der Waals surface area contributed by atoms with Gasteiger partial charge in [-0.3, -0.25) is 9.59 Å². The van der Waals surface area contributed by atoms with Crippen LogP contribution in [0.1, 0.15) is 23.1 Å². The fourth-order valence-corrected chi connectivity index (χ4v) is 5.35. The topological polar surface area (TPSA) is 92.8 Å². The molecule has 0 fully saturated rings.